The highest BCUT2D eigenvalue weighted by molar-refractivity contribution is 7.71. The lowest BCUT2D eigenvalue weighted by Gasteiger charge is -2.13. The molecule has 0 saturated heterocycles. The first kappa shape index (κ1) is 16.3. The summed E-state index contributed by atoms with van der Waals surface area (Å²) in [6.07, 6.45) is 1.87. The van der Waals surface area contributed by atoms with Gasteiger partial charge in [-0.1, -0.05) is 12.2 Å². The average Bonchev–Trinajstić information content (AvgIpc) is 2.46. The summed E-state index contributed by atoms with van der Waals surface area (Å²) in [7, 11) is 4.07. The molecule has 1 aromatic carbocycles. The van der Waals surface area contributed by atoms with E-state index < -0.39 is 0 Å². The first-order valence-electron chi connectivity index (χ1n) is 7.34. The number of anilines is 3. The topological polar surface area (TPSA) is 70.0 Å². The van der Waals surface area contributed by atoms with Gasteiger partial charge in [0, 0.05) is 43.3 Å². The SMILES string of the molecule is Cc1[nH]c(N)nc(=S)c1CCCNc1ccc(N(C)C)cc1. The fourth-order valence-electron chi connectivity index (χ4n) is 2.30. The molecule has 0 unspecified atom stereocenters. The predicted octanol–water partition coefficient (Wildman–Crippen LogP) is 3.14. The number of nitrogens with one attached hydrogen (secondary N) is 2. The van der Waals surface area contributed by atoms with Crippen molar-refractivity contribution in [1.29, 1.82) is 0 Å². The Labute approximate surface area is 136 Å². The van der Waals surface area contributed by atoms with E-state index in [1.54, 1.807) is 0 Å². The Morgan fingerprint density at radius 1 is 1.27 bits per heavy atom. The molecule has 6 heteroatoms. The van der Waals surface area contributed by atoms with Crippen LogP contribution in [-0.2, 0) is 6.42 Å². The fraction of sp³-hybridized carbons (Fsp3) is 0.375. The normalized spacial score (nSPS) is 10.5. The van der Waals surface area contributed by atoms with Crippen LogP contribution in [0.1, 0.15) is 17.7 Å². The highest BCUT2D eigenvalue weighted by Crippen LogP contribution is 2.16. The van der Waals surface area contributed by atoms with Crippen LogP contribution in [0.5, 0.6) is 0 Å². The highest BCUT2D eigenvalue weighted by atomic mass is 32.1. The van der Waals surface area contributed by atoms with Crippen LogP contribution in [0.3, 0.4) is 0 Å². The molecule has 0 atom stereocenters. The molecule has 2 rings (SSSR count). The number of benzene rings is 1. The second-order valence-electron chi connectivity index (χ2n) is 5.50. The van der Waals surface area contributed by atoms with Crippen LogP contribution >= 0.6 is 12.2 Å². The van der Waals surface area contributed by atoms with E-state index in [-0.39, 0.29) is 0 Å². The van der Waals surface area contributed by atoms with E-state index in [0.29, 0.717) is 10.6 Å². The largest absolute Gasteiger partial charge is 0.385 e. The number of H-pyrrole nitrogens is 1. The Bertz CT molecular complexity index is 676. The Kier molecular flexibility index (Phi) is 5.38. The fourth-order valence-corrected chi connectivity index (χ4v) is 2.66. The van der Waals surface area contributed by atoms with Crippen molar-refractivity contribution in [3.8, 4) is 0 Å². The molecule has 5 nitrogen and oxygen atoms in total. The van der Waals surface area contributed by atoms with Crippen molar-refractivity contribution in [3.05, 3.63) is 40.2 Å². The average molecular weight is 317 g/mol. The van der Waals surface area contributed by atoms with Crippen LogP contribution < -0.4 is 16.0 Å². The molecule has 0 aliphatic rings. The van der Waals surface area contributed by atoms with Gasteiger partial charge in [-0.2, -0.15) is 0 Å². The van der Waals surface area contributed by atoms with Crippen LogP contribution in [0.4, 0.5) is 17.3 Å². The Hall–Kier alpha value is -2.08. The molecule has 0 spiro atoms. The van der Waals surface area contributed by atoms with Crippen molar-refractivity contribution < 1.29 is 0 Å². The third-order valence-electron chi connectivity index (χ3n) is 3.56. The van der Waals surface area contributed by atoms with Gasteiger partial charge < -0.3 is 20.9 Å². The number of aryl methyl sites for hydroxylation is 1. The lowest BCUT2D eigenvalue weighted by atomic mass is 10.1. The van der Waals surface area contributed by atoms with Crippen molar-refractivity contribution in [2.24, 2.45) is 0 Å². The third-order valence-corrected chi connectivity index (χ3v) is 3.90. The van der Waals surface area contributed by atoms with E-state index in [1.165, 1.54) is 5.69 Å². The van der Waals surface area contributed by atoms with E-state index in [4.69, 9.17) is 18.0 Å². The number of rotatable bonds is 6. The number of aromatic nitrogens is 2. The second kappa shape index (κ2) is 7.26. The summed E-state index contributed by atoms with van der Waals surface area (Å²) < 4.78 is 0.601. The smallest absolute Gasteiger partial charge is 0.198 e. The molecule has 118 valence electrons. The second-order valence-corrected chi connectivity index (χ2v) is 5.89. The van der Waals surface area contributed by atoms with Gasteiger partial charge in [0.15, 0.2) is 5.95 Å². The van der Waals surface area contributed by atoms with E-state index in [0.717, 1.165) is 36.3 Å². The quantitative estimate of drug-likeness (QED) is 0.564. The maximum Gasteiger partial charge on any atom is 0.198 e. The number of aromatic amines is 1. The molecule has 0 aliphatic heterocycles. The number of nitrogen functional groups attached to an aromatic ring is 1. The van der Waals surface area contributed by atoms with Gasteiger partial charge >= 0.3 is 0 Å². The number of nitrogens with two attached hydrogens (primary N) is 1. The van der Waals surface area contributed by atoms with Crippen molar-refractivity contribution in [2.75, 3.05) is 36.6 Å². The minimum absolute atomic E-state index is 0.380. The lowest BCUT2D eigenvalue weighted by molar-refractivity contribution is 0.837. The molecule has 22 heavy (non-hydrogen) atoms. The first-order chi connectivity index (χ1) is 10.5. The minimum atomic E-state index is 0.380. The lowest BCUT2D eigenvalue weighted by Crippen LogP contribution is -2.09. The van der Waals surface area contributed by atoms with Gasteiger partial charge in [0.05, 0.1) is 0 Å². The van der Waals surface area contributed by atoms with E-state index in [1.807, 2.05) is 21.0 Å². The monoisotopic (exact) mass is 317 g/mol. The molecule has 0 aliphatic carbocycles. The van der Waals surface area contributed by atoms with Gasteiger partial charge in [-0.3, -0.25) is 0 Å². The molecule has 0 fully saturated rings. The molecule has 1 aromatic heterocycles. The highest BCUT2D eigenvalue weighted by Gasteiger charge is 2.04. The molecular formula is C16H23N5S. The zero-order valence-electron chi connectivity index (χ0n) is 13.3. The number of hydrogen-bond acceptors (Lipinski definition) is 5. The molecule has 1 heterocycles. The van der Waals surface area contributed by atoms with Gasteiger partial charge in [0.1, 0.15) is 4.64 Å². The van der Waals surface area contributed by atoms with Crippen LogP contribution in [-0.4, -0.2) is 30.6 Å². The molecule has 0 bridgehead atoms. The van der Waals surface area contributed by atoms with Crippen molar-refractivity contribution in [2.45, 2.75) is 19.8 Å². The molecule has 0 saturated carbocycles. The Morgan fingerprint density at radius 3 is 2.55 bits per heavy atom. The van der Waals surface area contributed by atoms with E-state index in [9.17, 15) is 0 Å². The van der Waals surface area contributed by atoms with Crippen molar-refractivity contribution >= 4 is 29.5 Å². The standard InChI is InChI=1S/C16H23N5S/c1-11-14(15(22)20-16(17)19-11)5-4-10-18-12-6-8-13(9-7-12)21(2)3/h6-9,18H,4-5,10H2,1-3H3,(H3,17,19,20,22). The van der Waals surface area contributed by atoms with Crippen LogP contribution in [0.25, 0.3) is 0 Å². The van der Waals surface area contributed by atoms with Gasteiger partial charge in [-0.05, 0) is 44.0 Å². The first-order valence-corrected chi connectivity index (χ1v) is 7.74. The van der Waals surface area contributed by atoms with E-state index >= 15 is 0 Å². The summed E-state index contributed by atoms with van der Waals surface area (Å²) in [4.78, 5) is 9.22. The van der Waals surface area contributed by atoms with Crippen molar-refractivity contribution in [1.82, 2.24) is 9.97 Å². The van der Waals surface area contributed by atoms with Gasteiger partial charge in [-0.25, -0.2) is 4.98 Å². The predicted molar refractivity (Wildman–Crippen MR) is 96.2 cm³/mol. The number of nitrogens with zero attached hydrogens (tertiary/aromatic N) is 2. The molecule has 2 aromatic rings. The maximum atomic E-state index is 5.64. The van der Waals surface area contributed by atoms with Crippen LogP contribution in [0.2, 0.25) is 0 Å². The van der Waals surface area contributed by atoms with Crippen molar-refractivity contribution in [3.63, 3.8) is 0 Å². The summed E-state index contributed by atoms with van der Waals surface area (Å²) in [5, 5.41) is 3.42. The number of hydrogen-bond donors (Lipinski definition) is 3. The molecular weight excluding hydrogens is 294 g/mol. The molecule has 0 amide bonds. The third kappa shape index (κ3) is 4.21. The maximum absolute atomic E-state index is 5.64. The van der Waals surface area contributed by atoms with Crippen LogP contribution in [0.15, 0.2) is 24.3 Å². The van der Waals surface area contributed by atoms with Gasteiger partial charge in [-0.15, -0.1) is 0 Å². The summed E-state index contributed by atoms with van der Waals surface area (Å²) in [5.74, 6) is 0.380. The Balaban J connectivity index is 1.86. The molecule has 0 radical (unpaired) electrons. The van der Waals surface area contributed by atoms with Crippen LogP contribution in [0, 0.1) is 11.6 Å². The summed E-state index contributed by atoms with van der Waals surface area (Å²) in [6, 6.07) is 8.40. The van der Waals surface area contributed by atoms with Gasteiger partial charge in [0.25, 0.3) is 0 Å². The summed E-state index contributed by atoms with van der Waals surface area (Å²) in [5.41, 5.74) is 10.1. The minimum Gasteiger partial charge on any atom is -0.385 e. The summed E-state index contributed by atoms with van der Waals surface area (Å²) >= 11 is 5.27. The van der Waals surface area contributed by atoms with Gasteiger partial charge in [0.2, 0.25) is 0 Å². The zero-order chi connectivity index (χ0) is 16.1. The Morgan fingerprint density at radius 2 is 1.95 bits per heavy atom. The summed E-state index contributed by atoms with van der Waals surface area (Å²) in [6.45, 7) is 2.87. The molecule has 4 N–H and O–H groups in total. The van der Waals surface area contributed by atoms with E-state index in [2.05, 4.69) is 44.5 Å². The zero-order valence-corrected chi connectivity index (χ0v) is 14.1.